The van der Waals surface area contributed by atoms with Crippen LogP contribution in [0.1, 0.15) is 61.2 Å². The smallest absolute Gasteiger partial charge is 0.256 e. The van der Waals surface area contributed by atoms with E-state index < -0.39 is 66.3 Å². The molecule has 6 N–H and O–H groups in total. The minimum atomic E-state index is -1.57. The summed E-state index contributed by atoms with van der Waals surface area (Å²) in [6.07, 6.45) is -2.21. The first kappa shape index (κ1) is 41.1. The second-order valence-corrected chi connectivity index (χ2v) is 13.2. The summed E-state index contributed by atoms with van der Waals surface area (Å²) < 4.78 is 17.3. The van der Waals surface area contributed by atoms with Crippen molar-refractivity contribution in [2.24, 2.45) is 5.92 Å². The van der Waals surface area contributed by atoms with Crippen molar-refractivity contribution < 1.29 is 48.4 Å². The molecule has 4 rings (SSSR count). The molecule has 0 saturated heterocycles. The highest BCUT2D eigenvalue weighted by Gasteiger charge is 2.33. The monoisotopic (exact) mass is 747 g/mol. The number of carbonyl (C=O) groups excluding carboxylic acids is 5. The van der Waals surface area contributed by atoms with E-state index in [1.807, 2.05) is 0 Å². The first-order valence-corrected chi connectivity index (χ1v) is 17.7. The topological polar surface area (TPSA) is 205 Å². The maximum absolute atomic E-state index is 13.6. The zero-order valence-corrected chi connectivity index (χ0v) is 31.1. The Kier molecular flexibility index (Phi) is 14.8. The molecule has 1 aliphatic rings. The van der Waals surface area contributed by atoms with Gasteiger partial charge in [0.2, 0.25) is 17.7 Å². The number of hydrogen-bond donors (Lipinski definition) is 6. The third kappa shape index (κ3) is 10.7. The standard InChI is InChI=1S/C39H49N5O10/c1-23(2)33-37(49)41-21-27-28(52-4)14-11-15-29(27)54-31-20-26(16-17-30(31)53-5)36(48)40-18-9-10-19-44(39(51)35(47)25-12-7-6-8-13-25)22-32(46)42-34(24(3)45)38(50)43-33/h6-8,11-17,20,23-24,33-35,45,47H,9-10,18-19,21-22H2,1-5H3,(H,40,48)(H,41,49)(H,42,46)(H,43,50)/t24-,33-,34+,35+/m1/s1. The summed E-state index contributed by atoms with van der Waals surface area (Å²) in [6.45, 7) is 4.37. The van der Waals surface area contributed by atoms with Crippen LogP contribution in [0.25, 0.3) is 0 Å². The van der Waals surface area contributed by atoms with Crippen molar-refractivity contribution in [3.63, 3.8) is 0 Å². The summed E-state index contributed by atoms with van der Waals surface area (Å²) in [7, 11) is 2.93. The molecule has 3 aromatic rings. The molecule has 0 unspecified atom stereocenters. The number of nitrogens with one attached hydrogen (secondary N) is 4. The maximum atomic E-state index is 13.6. The van der Waals surface area contributed by atoms with Crippen molar-refractivity contribution in [3.8, 4) is 23.0 Å². The molecule has 290 valence electrons. The molecule has 0 saturated carbocycles. The highest BCUT2D eigenvalue weighted by molar-refractivity contribution is 5.95. The number of carbonyl (C=O) groups is 5. The van der Waals surface area contributed by atoms with Crippen LogP contribution in [0.5, 0.6) is 23.0 Å². The normalized spacial score (nSPS) is 19.1. The van der Waals surface area contributed by atoms with E-state index in [1.54, 1.807) is 74.5 Å². The van der Waals surface area contributed by atoms with Crippen LogP contribution in [0.3, 0.4) is 0 Å². The average Bonchev–Trinajstić information content (AvgIpc) is 3.16. The third-order valence-electron chi connectivity index (χ3n) is 8.86. The Morgan fingerprint density at radius 1 is 0.815 bits per heavy atom. The molecule has 4 atom stereocenters. The van der Waals surface area contributed by atoms with Crippen molar-refractivity contribution in [1.29, 1.82) is 0 Å². The molecule has 15 nitrogen and oxygen atoms in total. The van der Waals surface area contributed by atoms with Gasteiger partial charge in [-0.2, -0.15) is 0 Å². The molecule has 5 amide bonds. The Morgan fingerprint density at radius 3 is 2.20 bits per heavy atom. The molecule has 0 aromatic heterocycles. The number of nitrogens with zero attached hydrogens (tertiary/aromatic N) is 1. The minimum Gasteiger partial charge on any atom is -0.496 e. The van der Waals surface area contributed by atoms with Crippen molar-refractivity contribution in [1.82, 2.24) is 26.2 Å². The Morgan fingerprint density at radius 2 is 1.54 bits per heavy atom. The largest absolute Gasteiger partial charge is 0.496 e. The molecule has 0 fully saturated rings. The van der Waals surface area contributed by atoms with Gasteiger partial charge in [0.05, 0.1) is 39.0 Å². The number of aliphatic hydroxyl groups excluding tert-OH is 2. The fourth-order valence-electron chi connectivity index (χ4n) is 5.83. The SMILES string of the molecule is COc1ccc2cc1Oc1cccc(OC)c1CNC(=O)[C@@H](C(C)C)NC(=O)[C@H]([C@@H](C)O)NC(=O)CN(C(=O)[C@@H](O)c1ccccc1)CCCCNC2=O. The van der Waals surface area contributed by atoms with Crippen LogP contribution < -0.4 is 35.5 Å². The number of hydrogen-bond acceptors (Lipinski definition) is 10. The maximum Gasteiger partial charge on any atom is 0.256 e. The summed E-state index contributed by atoms with van der Waals surface area (Å²) in [6, 6.07) is 15.4. The van der Waals surface area contributed by atoms with E-state index in [1.165, 1.54) is 27.2 Å². The zero-order chi connectivity index (χ0) is 39.4. The van der Waals surface area contributed by atoms with Gasteiger partial charge in [0.1, 0.15) is 23.6 Å². The molecular weight excluding hydrogens is 698 g/mol. The lowest BCUT2D eigenvalue weighted by Gasteiger charge is -2.28. The number of benzene rings is 3. The Balaban J connectivity index is 1.68. The number of fused-ring (bicyclic) bond motifs is 3. The van der Waals surface area contributed by atoms with Crippen LogP contribution >= 0.6 is 0 Å². The number of aliphatic hydroxyl groups is 2. The van der Waals surface area contributed by atoms with Crippen molar-refractivity contribution >= 4 is 29.5 Å². The van der Waals surface area contributed by atoms with Gasteiger partial charge in [-0.15, -0.1) is 0 Å². The quantitative estimate of drug-likeness (QED) is 0.217. The van der Waals surface area contributed by atoms with Gasteiger partial charge >= 0.3 is 0 Å². The Bertz CT molecular complexity index is 1780. The van der Waals surface area contributed by atoms with Gasteiger partial charge in [0.25, 0.3) is 11.8 Å². The second-order valence-electron chi connectivity index (χ2n) is 13.2. The number of methoxy groups -OCH3 is 2. The zero-order valence-electron chi connectivity index (χ0n) is 31.1. The van der Waals surface area contributed by atoms with Crippen molar-refractivity contribution in [3.05, 3.63) is 83.4 Å². The summed E-state index contributed by atoms with van der Waals surface area (Å²) in [5.74, 6) is -2.45. The number of ether oxygens (including phenoxy) is 3. The summed E-state index contributed by atoms with van der Waals surface area (Å²) in [5, 5.41) is 32.3. The average molecular weight is 748 g/mol. The first-order chi connectivity index (χ1) is 25.8. The van der Waals surface area contributed by atoms with E-state index >= 15 is 0 Å². The minimum absolute atomic E-state index is 0.0244. The third-order valence-corrected chi connectivity index (χ3v) is 8.86. The van der Waals surface area contributed by atoms with Crippen molar-refractivity contribution in [2.75, 3.05) is 33.9 Å². The summed E-state index contributed by atoms with van der Waals surface area (Å²) >= 11 is 0. The molecule has 0 spiro atoms. The van der Waals surface area contributed by atoms with Crippen LogP contribution in [0.2, 0.25) is 0 Å². The fourth-order valence-corrected chi connectivity index (χ4v) is 5.83. The van der Waals surface area contributed by atoms with Crippen LogP contribution in [-0.2, 0) is 25.7 Å². The number of rotatable bonds is 6. The predicted molar refractivity (Wildman–Crippen MR) is 198 cm³/mol. The van der Waals surface area contributed by atoms with Gasteiger partial charge in [0.15, 0.2) is 17.6 Å². The number of amides is 5. The molecule has 3 aromatic carbocycles. The highest BCUT2D eigenvalue weighted by Crippen LogP contribution is 2.37. The molecule has 2 bridgehead atoms. The Hall–Kier alpha value is -5.67. The lowest BCUT2D eigenvalue weighted by Crippen LogP contribution is -2.59. The molecular formula is C39H49N5O10. The summed E-state index contributed by atoms with van der Waals surface area (Å²) in [4.78, 5) is 68.4. The van der Waals surface area contributed by atoms with Crippen LogP contribution in [0.4, 0.5) is 0 Å². The van der Waals surface area contributed by atoms with E-state index in [4.69, 9.17) is 14.2 Å². The Labute approximate surface area is 314 Å². The highest BCUT2D eigenvalue weighted by atomic mass is 16.5. The van der Waals surface area contributed by atoms with Crippen molar-refractivity contribution in [2.45, 2.75) is 64.4 Å². The van der Waals surface area contributed by atoms with E-state index in [9.17, 15) is 34.2 Å². The van der Waals surface area contributed by atoms with E-state index in [2.05, 4.69) is 21.3 Å². The lowest BCUT2D eigenvalue weighted by molar-refractivity contribution is -0.144. The van der Waals surface area contributed by atoms with E-state index in [0.29, 0.717) is 41.2 Å². The van der Waals surface area contributed by atoms with Gasteiger partial charge in [-0.25, -0.2) is 0 Å². The van der Waals surface area contributed by atoms with E-state index in [-0.39, 0.29) is 30.9 Å². The van der Waals surface area contributed by atoms with Gasteiger partial charge in [0, 0.05) is 18.7 Å². The molecule has 1 heterocycles. The molecule has 0 aliphatic carbocycles. The lowest BCUT2D eigenvalue weighted by atomic mass is 10.0. The van der Waals surface area contributed by atoms with Gasteiger partial charge in [-0.3, -0.25) is 24.0 Å². The van der Waals surface area contributed by atoms with Crippen LogP contribution in [0, 0.1) is 5.92 Å². The predicted octanol–water partition coefficient (Wildman–Crippen LogP) is 2.20. The van der Waals surface area contributed by atoms with Crippen LogP contribution in [0.15, 0.2) is 66.7 Å². The molecule has 0 radical (unpaired) electrons. The summed E-state index contributed by atoms with van der Waals surface area (Å²) in [5.41, 5.74) is 1.07. The fraction of sp³-hybridized carbons (Fsp3) is 0.410. The van der Waals surface area contributed by atoms with E-state index in [0.717, 1.165) is 4.90 Å². The van der Waals surface area contributed by atoms with Crippen LogP contribution in [-0.4, -0.2) is 96.7 Å². The molecule has 54 heavy (non-hydrogen) atoms. The van der Waals surface area contributed by atoms with Gasteiger partial charge < -0.3 is 50.6 Å². The van der Waals surface area contributed by atoms with Gasteiger partial charge in [-0.05, 0) is 61.6 Å². The second kappa shape index (κ2) is 19.4. The molecule has 15 heteroatoms. The first-order valence-electron chi connectivity index (χ1n) is 17.7. The molecule has 1 aliphatic heterocycles. The van der Waals surface area contributed by atoms with Gasteiger partial charge in [-0.1, -0.05) is 50.2 Å².